The van der Waals surface area contributed by atoms with Crippen LogP contribution in [0.4, 0.5) is 8.68 Å². The molecule has 0 unspecified atom stereocenters. The van der Waals surface area contributed by atoms with E-state index < -0.39 is 216 Å². The van der Waals surface area contributed by atoms with E-state index in [4.69, 9.17) is 5.11 Å². The Labute approximate surface area is 589 Å². The van der Waals surface area contributed by atoms with E-state index in [2.05, 4.69) is 31.9 Å². The van der Waals surface area contributed by atoms with Crippen molar-refractivity contribution in [1.82, 2.24) is 62.1 Å². The van der Waals surface area contributed by atoms with Crippen molar-refractivity contribution in [3.05, 3.63) is 29.8 Å². The monoisotopic (exact) mass is 1470 g/mol. The number of amides is 8. The van der Waals surface area contributed by atoms with Gasteiger partial charge in [0.15, 0.2) is 0 Å². The van der Waals surface area contributed by atoms with Crippen LogP contribution < -0.4 is 42.5 Å². The predicted molar refractivity (Wildman–Crippen MR) is 360 cm³/mol. The summed E-state index contributed by atoms with van der Waals surface area (Å²) in [5.41, 5.74) is 0.0292. The Kier molecular flexibility index (Phi) is 37.8. The molecular weight excluding hydrogens is 1380 g/mol. The third-order valence-corrected chi connectivity index (χ3v) is 20.4. The summed E-state index contributed by atoms with van der Waals surface area (Å²) in [6, 6.07) is -5.27. The van der Waals surface area contributed by atoms with Gasteiger partial charge in [0.25, 0.3) is 5.91 Å². The number of rotatable bonds is 43. The molecule has 0 aliphatic carbocycles. The van der Waals surface area contributed by atoms with Crippen molar-refractivity contribution in [3.8, 4) is 0 Å². The lowest BCUT2D eigenvalue weighted by Gasteiger charge is -2.52. The summed E-state index contributed by atoms with van der Waals surface area (Å²) in [5, 5.41) is 105. The van der Waals surface area contributed by atoms with Crippen molar-refractivity contribution in [2.45, 2.75) is 176 Å². The second-order valence-electron chi connectivity index (χ2n) is 26.1. The van der Waals surface area contributed by atoms with Crippen LogP contribution in [0.15, 0.2) is 29.2 Å². The lowest BCUT2D eigenvalue weighted by atomic mass is 10.1. The van der Waals surface area contributed by atoms with E-state index in [0.29, 0.717) is 4.90 Å². The molecule has 0 spiro atoms. The number of aliphatic carboxylic acids is 9. The normalized spacial score (nSPS) is 15.8. The van der Waals surface area contributed by atoms with Crippen LogP contribution in [0, 0.1) is 0 Å². The number of urea groups is 1. The van der Waals surface area contributed by atoms with E-state index in [9.17, 15) is 118 Å². The number of halogens is 1. The highest BCUT2D eigenvalue weighted by molar-refractivity contribution is 8.31. The largest absolute Gasteiger partial charge is 0.481 e. The molecule has 0 bridgehead atoms. The lowest BCUT2D eigenvalue weighted by Crippen LogP contribution is -2.56. The number of carboxylic acids is 9. The Bertz CT molecular complexity index is 3050. The van der Waals surface area contributed by atoms with Crippen LogP contribution in [0.25, 0.3) is 0 Å². The smallest absolute Gasteiger partial charge is 0.326 e. The predicted octanol–water partition coefficient (Wildman–Crippen LogP) is -0.793. The van der Waals surface area contributed by atoms with Gasteiger partial charge in [-0.15, -0.1) is 0 Å². The van der Waals surface area contributed by atoms with Gasteiger partial charge < -0.3 is 88.5 Å². The minimum atomic E-state index is -3.02. The van der Waals surface area contributed by atoms with Crippen LogP contribution in [-0.4, -0.2) is 298 Å². The molecule has 37 nitrogen and oxygen atoms in total. The van der Waals surface area contributed by atoms with Crippen molar-refractivity contribution < 1.29 is 127 Å². The highest BCUT2D eigenvalue weighted by Gasteiger charge is 2.48. The number of nitrogens with one attached hydrogen (secondary N) is 8. The summed E-state index contributed by atoms with van der Waals surface area (Å²) in [6.45, 7) is 8.28. The molecule has 0 saturated carbocycles. The standard InChI is InChI=1S/C63H99FN12O25S/c1-62(2,3)102(64,63(4,5)6)39-14-12-38(13-15-39)54(89)67-34-44(69-49(80)20-18-45(60(99)100)76-32-30-74(36-52(85)86)28-26-73(35-51(83)84)27-29-75(31-33-76)37-53(87)88)55(90)70-41(57(93)94)10-7-8-24-65-46(77)21-22-47(78)66-25-9-11-40(56(91)92)68-48(79)19-16-42(58(95)96)71-61(101)72-43(59(97)98)17-23-50(81)82/h12-15,40-45H,7-11,16-37H2,1-6H3,(H,65,77)(H,66,78)(H,67,89)(H,68,79)(H,69,80)(H,70,90)(H,81,82)(H,83,84)(H,85,86)(H,87,88)(H,91,92)(H,93,94)(H,95,96)(H,97,98)(H,99,100)(H2,71,72,101)/t40-,41-,42+,43+,44+,45+/m1/s1. The van der Waals surface area contributed by atoms with E-state index in [1.165, 1.54) is 43.9 Å². The third kappa shape index (κ3) is 33.0. The van der Waals surface area contributed by atoms with Gasteiger partial charge >= 0.3 is 59.8 Å². The van der Waals surface area contributed by atoms with Crippen LogP contribution >= 0.6 is 10.4 Å². The van der Waals surface area contributed by atoms with E-state index in [0.717, 1.165) is 0 Å². The van der Waals surface area contributed by atoms with Gasteiger partial charge in [0.1, 0.15) is 36.3 Å². The molecular formula is C63H99FN12O25S. The molecule has 574 valence electrons. The second-order valence-corrected chi connectivity index (χ2v) is 30.1. The van der Waals surface area contributed by atoms with Gasteiger partial charge in [0.05, 0.1) is 19.6 Å². The number of benzene rings is 1. The Balaban J connectivity index is 2.15. The molecule has 1 aliphatic heterocycles. The Hall–Kier alpha value is -9.34. The highest BCUT2D eigenvalue weighted by Crippen LogP contribution is 2.73. The van der Waals surface area contributed by atoms with Crippen molar-refractivity contribution in [2.24, 2.45) is 0 Å². The highest BCUT2D eigenvalue weighted by atomic mass is 32.3. The van der Waals surface area contributed by atoms with Crippen LogP contribution in [0.5, 0.6) is 0 Å². The average Bonchev–Trinajstić information content (AvgIpc) is 0.748. The first-order chi connectivity index (χ1) is 47.5. The molecule has 102 heavy (non-hydrogen) atoms. The van der Waals surface area contributed by atoms with Gasteiger partial charge in [0.2, 0.25) is 29.5 Å². The molecule has 1 heterocycles. The first-order valence-corrected chi connectivity index (χ1v) is 34.4. The van der Waals surface area contributed by atoms with E-state index in [1.807, 2.05) is 10.6 Å². The number of carbonyl (C=O) groups excluding carboxylic acids is 7. The van der Waals surface area contributed by atoms with Crippen LogP contribution in [-0.2, 0) is 67.1 Å². The summed E-state index contributed by atoms with van der Waals surface area (Å²) in [5.74, 6) is -17.6. The minimum Gasteiger partial charge on any atom is -0.481 e. The van der Waals surface area contributed by atoms with Crippen LogP contribution in [0.1, 0.15) is 135 Å². The SMILES string of the molecule is CC(C)(C)S(F)(c1ccc(C(=O)NC[C@H](NC(=O)CC[C@@H](C(=O)O)N2CCN(CC(=O)O)CCN(CC(=O)O)CCN(CC(=O)O)CC2)C(=O)N[C@H](CCCCNC(=O)CCC(=O)NCCC[C@@H](NC(=O)CC[C@H](NC(=O)N[C@@H](CCC(=O)O)C(=O)O)C(=O)O)C(=O)O)C(=O)O)cc1)C(C)(C)C. The first kappa shape index (κ1) is 88.7. The molecule has 2 rings (SSSR count). The average molecular weight is 1480 g/mol. The molecule has 1 saturated heterocycles. The Morgan fingerprint density at radius 1 is 0.412 bits per heavy atom. The molecule has 1 aliphatic rings. The minimum absolute atomic E-state index is 0.00245. The fourth-order valence-corrected chi connectivity index (χ4v) is 14.7. The Morgan fingerprint density at radius 3 is 1.21 bits per heavy atom. The quantitative estimate of drug-likeness (QED) is 0.0356. The zero-order valence-electron chi connectivity index (χ0n) is 58.0. The maximum absolute atomic E-state index is 17.1. The number of hydrogen-bond donors (Lipinski definition) is 17. The zero-order valence-corrected chi connectivity index (χ0v) is 58.8. The molecule has 0 aromatic heterocycles. The summed E-state index contributed by atoms with van der Waals surface area (Å²) in [4.78, 5) is 205. The fourth-order valence-electron chi connectivity index (χ4n) is 10.9. The molecule has 39 heteroatoms. The van der Waals surface area contributed by atoms with E-state index in [-0.39, 0.29) is 116 Å². The van der Waals surface area contributed by atoms with Gasteiger partial charge in [-0.3, -0.25) is 72.3 Å². The van der Waals surface area contributed by atoms with Gasteiger partial charge in [-0.25, -0.2) is 24.0 Å². The van der Waals surface area contributed by atoms with Gasteiger partial charge in [0, 0.05) is 124 Å². The molecule has 1 aromatic carbocycles. The molecule has 6 atom stereocenters. The topological polar surface area (TPSA) is 564 Å². The third-order valence-electron chi connectivity index (χ3n) is 16.1. The van der Waals surface area contributed by atoms with Gasteiger partial charge in [-0.2, -0.15) is 3.89 Å². The molecule has 8 amide bonds. The molecule has 1 fully saturated rings. The number of carboxylic acid groups (broad SMARTS) is 9. The Morgan fingerprint density at radius 2 is 0.794 bits per heavy atom. The maximum atomic E-state index is 17.1. The number of unbranched alkanes of at least 4 members (excludes halogenated alkanes) is 1. The maximum Gasteiger partial charge on any atom is 0.326 e. The van der Waals surface area contributed by atoms with Gasteiger partial charge in [-0.05, 0) is 117 Å². The zero-order chi connectivity index (χ0) is 77.2. The van der Waals surface area contributed by atoms with Crippen molar-refractivity contribution >= 4 is 106 Å². The molecule has 0 radical (unpaired) electrons. The van der Waals surface area contributed by atoms with Crippen molar-refractivity contribution in [1.29, 1.82) is 0 Å². The van der Waals surface area contributed by atoms with Crippen LogP contribution in [0.3, 0.4) is 0 Å². The summed E-state index contributed by atoms with van der Waals surface area (Å²) in [7, 11) is -3.02. The van der Waals surface area contributed by atoms with E-state index >= 15 is 3.89 Å². The summed E-state index contributed by atoms with van der Waals surface area (Å²) < 4.78 is 15.5. The van der Waals surface area contributed by atoms with Gasteiger partial charge in [-0.1, -0.05) is 10.4 Å². The number of carbonyl (C=O) groups is 16. The summed E-state index contributed by atoms with van der Waals surface area (Å²) in [6.07, 6.45) is -4.26. The van der Waals surface area contributed by atoms with Crippen molar-refractivity contribution in [3.63, 3.8) is 0 Å². The van der Waals surface area contributed by atoms with Crippen molar-refractivity contribution in [2.75, 3.05) is 91.6 Å². The number of hydrogen-bond acceptors (Lipinski definition) is 20. The molecule has 1 aromatic rings. The molecule has 17 N–H and O–H groups in total. The second kappa shape index (κ2) is 43.5. The number of nitrogens with zero attached hydrogens (tertiary/aromatic N) is 4. The van der Waals surface area contributed by atoms with E-state index in [1.54, 1.807) is 41.5 Å². The lowest BCUT2D eigenvalue weighted by molar-refractivity contribution is -0.145. The van der Waals surface area contributed by atoms with Crippen LogP contribution in [0.2, 0.25) is 0 Å². The fraction of sp³-hybridized carbons (Fsp3) is 0.651. The summed E-state index contributed by atoms with van der Waals surface area (Å²) >= 11 is 0. The first-order valence-electron chi connectivity index (χ1n) is 32.9.